The van der Waals surface area contributed by atoms with Crippen molar-refractivity contribution in [1.29, 1.82) is 0 Å². The number of carbonyl (C=O) groups is 2. The molecule has 0 radical (unpaired) electrons. The van der Waals surface area contributed by atoms with Crippen molar-refractivity contribution in [1.82, 2.24) is 0 Å². The molecular weight excluding hydrogens is 192 g/mol. The monoisotopic (exact) mass is 210 g/mol. The van der Waals surface area contributed by atoms with Crippen LogP contribution >= 0.6 is 0 Å². The summed E-state index contributed by atoms with van der Waals surface area (Å²) in [6.07, 6.45) is 4.76. The number of hydrogen-bond donors (Lipinski definition) is 1. The summed E-state index contributed by atoms with van der Waals surface area (Å²) in [5.74, 6) is 0.259. The molecule has 0 spiro atoms. The summed E-state index contributed by atoms with van der Waals surface area (Å²) >= 11 is 0. The van der Waals surface area contributed by atoms with E-state index in [0.717, 1.165) is 12.8 Å². The van der Waals surface area contributed by atoms with E-state index in [1.165, 1.54) is 0 Å². The van der Waals surface area contributed by atoms with Gasteiger partial charge in [0.05, 0.1) is 0 Å². The van der Waals surface area contributed by atoms with Gasteiger partial charge in [0.1, 0.15) is 5.78 Å². The maximum Gasteiger partial charge on any atom is 0.331 e. The van der Waals surface area contributed by atoms with Gasteiger partial charge in [0, 0.05) is 12.0 Å². The number of hydrogen-bond acceptors (Lipinski definition) is 2. The third-order valence-electron chi connectivity index (χ3n) is 3.14. The van der Waals surface area contributed by atoms with Gasteiger partial charge in [-0.15, -0.1) is 0 Å². The molecule has 0 aliphatic heterocycles. The molecule has 1 aliphatic rings. The Hall–Kier alpha value is -1.12. The van der Waals surface area contributed by atoms with Gasteiger partial charge in [-0.3, -0.25) is 0 Å². The molecule has 2 atom stereocenters. The molecular formula is C12H18O3. The molecule has 3 heteroatoms. The first-order chi connectivity index (χ1) is 7.00. The molecule has 3 nitrogen and oxygen atoms in total. The van der Waals surface area contributed by atoms with Crippen LogP contribution in [0.15, 0.2) is 11.6 Å². The second kappa shape index (κ2) is 5.10. The predicted octanol–water partition coefficient (Wildman–Crippen LogP) is 2.41. The van der Waals surface area contributed by atoms with Gasteiger partial charge in [-0.05, 0) is 38.0 Å². The van der Waals surface area contributed by atoms with Crippen molar-refractivity contribution in [3.05, 3.63) is 11.6 Å². The zero-order chi connectivity index (χ0) is 11.4. The zero-order valence-electron chi connectivity index (χ0n) is 9.32. The van der Waals surface area contributed by atoms with Gasteiger partial charge in [-0.1, -0.05) is 13.0 Å². The Bertz CT molecular complexity index is 291. The normalized spacial score (nSPS) is 23.1. The molecule has 0 bridgehead atoms. The van der Waals surface area contributed by atoms with Crippen LogP contribution in [0.3, 0.4) is 0 Å². The fourth-order valence-corrected chi connectivity index (χ4v) is 2.19. The fraction of sp³-hybridized carbons (Fsp3) is 0.667. The van der Waals surface area contributed by atoms with Crippen molar-refractivity contribution in [3.63, 3.8) is 0 Å². The molecule has 0 heterocycles. The molecule has 0 aromatic carbocycles. The van der Waals surface area contributed by atoms with E-state index in [1.807, 2.05) is 6.08 Å². The summed E-state index contributed by atoms with van der Waals surface area (Å²) in [6.45, 7) is 3.68. The van der Waals surface area contributed by atoms with Gasteiger partial charge >= 0.3 is 5.97 Å². The topological polar surface area (TPSA) is 54.4 Å². The van der Waals surface area contributed by atoms with Crippen LogP contribution in [0.2, 0.25) is 0 Å². The summed E-state index contributed by atoms with van der Waals surface area (Å²) in [5.41, 5.74) is 0.529. The minimum Gasteiger partial charge on any atom is -0.478 e. The number of carboxylic acid groups (broad SMARTS) is 1. The van der Waals surface area contributed by atoms with Gasteiger partial charge in [0.25, 0.3) is 0 Å². The van der Waals surface area contributed by atoms with Crippen molar-refractivity contribution >= 4 is 11.8 Å². The predicted molar refractivity (Wildman–Crippen MR) is 57.5 cm³/mol. The van der Waals surface area contributed by atoms with E-state index in [2.05, 4.69) is 6.92 Å². The average molecular weight is 210 g/mol. The van der Waals surface area contributed by atoms with E-state index in [1.54, 1.807) is 6.92 Å². The molecule has 0 unspecified atom stereocenters. The van der Waals surface area contributed by atoms with Gasteiger partial charge in [0.2, 0.25) is 0 Å². The lowest BCUT2D eigenvalue weighted by Gasteiger charge is -2.25. The molecule has 1 rings (SSSR count). The standard InChI is InChI=1S/C12H18O3/c1-8(7-9(2)13)10-3-5-11(6-4-10)12(14)15/h5,8,10H,3-4,6-7H2,1-2H3,(H,14,15)/t8-,10+/m1/s1. The van der Waals surface area contributed by atoms with E-state index in [9.17, 15) is 9.59 Å². The number of rotatable bonds is 4. The molecule has 1 N–H and O–H groups in total. The maximum absolute atomic E-state index is 11.0. The summed E-state index contributed by atoms with van der Waals surface area (Å²) in [5, 5.41) is 8.79. The minimum absolute atomic E-state index is 0.218. The second-order valence-electron chi connectivity index (χ2n) is 4.45. The van der Waals surface area contributed by atoms with Crippen molar-refractivity contribution < 1.29 is 14.7 Å². The lowest BCUT2D eigenvalue weighted by atomic mass is 9.79. The zero-order valence-corrected chi connectivity index (χ0v) is 9.32. The number of carbonyl (C=O) groups excluding carboxylic acids is 1. The van der Waals surface area contributed by atoms with E-state index >= 15 is 0 Å². The Balaban J connectivity index is 2.49. The highest BCUT2D eigenvalue weighted by molar-refractivity contribution is 5.86. The van der Waals surface area contributed by atoms with Gasteiger partial charge < -0.3 is 9.90 Å². The number of ketones is 1. The van der Waals surface area contributed by atoms with E-state index in [4.69, 9.17) is 5.11 Å². The first-order valence-corrected chi connectivity index (χ1v) is 5.42. The summed E-state index contributed by atoms with van der Waals surface area (Å²) in [4.78, 5) is 21.6. The molecule has 0 aromatic rings. The highest BCUT2D eigenvalue weighted by Crippen LogP contribution is 2.31. The van der Waals surface area contributed by atoms with E-state index < -0.39 is 5.97 Å². The van der Waals surface area contributed by atoms with Gasteiger partial charge in [-0.25, -0.2) is 4.79 Å². The summed E-state index contributed by atoms with van der Waals surface area (Å²) in [6, 6.07) is 0. The van der Waals surface area contributed by atoms with Crippen LogP contribution in [-0.2, 0) is 9.59 Å². The lowest BCUT2D eigenvalue weighted by molar-refractivity contribution is -0.133. The highest BCUT2D eigenvalue weighted by atomic mass is 16.4. The van der Waals surface area contributed by atoms with Crippen molar-refractivity contribution in [2.45, 2.75) is 39.5 Å². The molecule has 1 aliphatic carbocycles. The Kier molecular flexibility index (Phi) is 4.06. The highest BCUT2D eigenvalue weighted by Gasteiger charge is 2.23. The molecule has 0 aromatic heterocycles. The quantitative estimate of drug-likeness (QED) is 0.775. The van der Waals surface area contributed by atoms with Crippen LogP contribution in [0.5, 0.6) is 0 Å². The average Bonchev–Trinajstić information content (AvgIpc) is 2.17. The maximum atomic E-state index is 11.0. The Morgan fingerprint density at radius 2 is 2.27 bits per heavy atom. The van der Waals surface area contributed by atoms with Gasteiger partial charge in [0.15, 0.2) is 0 Å². The largest absolute Gasteiger partial charge is 0.478 e. The second-order valence-corrected chi connectivity index (χ2v) is 4.45. The molecule has 0 saturated heterocycles. The van der Waals surface area contributed by atoms with E-state index in [0.29, 0.717) is 30.3 Å². The first kappa shape index (κ1) is 12.0. The number of aliphatic carboxylic acids is 1. The third-order valence-corrected chi connectivity index (χ3v) is 3.14. The number of Topliss-reactive ketones (excluding diaryl/α,β-unsaturated/α-hetero) is 1. The summed E-state index contributed by atoms with van der Waals surface area (Å²) < 4.78 is 0. The van der Waals surface area contributed by atoms with Crippen molar-refractivity contribution in [3.8, 4) is 0 Å². The van der Waals surface area contributed by atoms with Crippen LogP contribution in [-0.4, -0.2) is 16.9 Å². The summed E-state index contributed by atoms with van der Waals surface area (Å²) in [7, 11) is 0. The number of allylic oxidation sites excluding steroid dienone is 1. The Morgan fingerprint density at radius 3 is 2.67 bits per heavy atom. The van der Waals surface area contributed by atoms with Crippen LogP contribution in [0.4, 0.5) is 0 Å². The lowest BCUT2D eigenvalue weighted by Crippen LogP contribution is -2.18. The van der Waals surface area contributed by atoms with E-state index in [-0.39, 0.29) is 5.78 Å². The third kappa shape index (κ3) is 3.50. The minimum atomic E-state index is -0.798. The molecule has 0 fully saturated rings. The van der Waals surface area contributed by atoms with Crippen LogP contribution in [0, 0.1) is 11.8 Å². The van der Waals surface area contributed by atoms with Crippen LogP contribution in [0.25, 0.3) is 0 Å². The molecule has 84 valence electrons. The smallest absolute Gasteiger partial charge is 0.331 e. The van der Waals surface area contributed by atoms with Gasteiger partial charge in [-0.2, -0.15) is 0 Å². The molecule has 0 amide bonds. The van der Waals surface area contributed by atoms with Crippen molar-refractivity contribution in [2.24, 2.45) is 11.8 Å². The Labute approximate surface area is 90.2 Å². The first-order valence-electron chi connectivity index (χ1n) is 5.42. The van der Waals surface area contributed by atoms with Crippen LogP contribution in [0.1, 0.15) is 39.5 Å². The number of carboxylic acids is 1. The fourth-order valence-electron chi connectivity index (χ4n) is 2.19. The Morgan fingerprint density at radius 1 is 1.60 bits per heavy atom. The van der Waals surface area contributed by atoms with Crippen LogP contribution < -0.4 is 0 Å². The molecule has 0 saturated carbocycles. The SMILES string of the molecule is CC(=O)C[C@@H](C)[C@H]1CC=C(C(=O)O)CC1. The van der Waals surface area contributed by atoms with Crippen molar-refractivity contribution in [2.75, 3.05) is 0 Å². The molecule has 15 heavy (non-hydrogen) atoms.